The third-order valence-corrected chi connectivity index (χ3v) is 2.00. The van der Waals surface area contributed by atoms with Crippen molar-refractivity contribution in [2.24, 2.45) is 5.73 Å². The average Bonchev–Trinajstić information content (AvgIpc) is 1.89. The lowest BCUT2D eigenvalue weighted by atomic mass is 10.5. The van der Waals surface area contributed by atoms with Gasteiger partial charge in [0, 0.05) is 12.2 Å². The quantitative estimate of drug-likeness (QED) is 0.603. The summed E-state index contributed by atoms with van der Waals surface area (Å²) in [5.41, 5.74) is 5.23. The molecule has 0 aromatic rings. The van der Waals surface area contributed by atoms with Gasteiger partial charge in [-0.3, -0.25) is 4.79 Å². The van der Waals surface area contributed by atoms with Crippen molar-refractivity contribution < 1.29 is 4.79 Å². The lowest BCUT2D eigenvalue weighted by Gasteiger charge is -1.93. The van der Waals surface area contributed by atoms with E-state index in [4.69, 9.17) is 5.73 Å². The Balaban J connectivity index is 2.97. The molecule has 0 aromatic heterocycles. The molecule has 0 spiro atoms. The van der Waals surface area contributed by atoms with E-state index in [0.29, 0.717) is 13.0 Å². The van der Waals surface area contributed by atoms with Gasteiger partial charge in [0.15, 0.2) is 5.12 Å². The number of hydrogen-bond donors (Lipinski definition) is 1. The highest BCUT2D eigenvalue weighted by Crippen LogP contribution is 2.05. The number of thioether (sulfide) groups is 1. The minimum Gasteiger partial charge on any atom is -0.330 e. The van der Waals surface area contributed by atoms with Crippen molar-refractivity contribution in [3.05, 3.63) is 0 Å². The standard InChI is InChI=1S/C6H13NOS/c1-2-6(8)9-5-3-4-7/h2-5,7H2,1H3. The van der Waals surface area contributed by atoms with E-state index in [2.05, 4.69) is 0 Å². The lowest BCUT2D eigenvalue weighted by molar-refractivity contribution is -0.110. The molecule has 0 atom stereocenters. The zero-order chi connectivity index (χ0) is 7.11. The van der Waals surface area contributed by atoms with Crippen LogP contribution in [0.2, 0.25) is 0 Å². The molecule has 0 saturated carbocycles. The Morgan fingerprint density at radius 2 is 2.33 bits per heavy atom. The first-order valence-electron chi connectivity index (χ1n) is 3.17. The second-order valence-electron chi connectivity index (χ2n) is 1.72. The Kier molecular flexibility index (Phi) is 6.09. The summed E-state index contributed by atoms with van der Waals surface area (Å²) in [6.45, 7) is 2.56. The Morgan fingerprint density at radius 3 is 2.78 bits per heavy atom. The van der Waals surface area contributed by atoms with Crippen molar-refractivity contribution in [2.75, 3.05) is 12.3 Å². The maximum Gasteiger partial charge on any atom is 0.188 e. The van der Waals surface area contributed by atoms with Gasteiger partial charge in [-0.2, -0.15) is 0 Å². The first-order valence-corrected chi connectivity index (χ1v) is 4.15. The summed E-state index contributed by atoms with van der Waals surface area (Å²) < 4.78 is 0. The number of rotatable bonds is 4. The predicted octanol–water partition coefficient (Wildman–Crippen LogP) is 1.01. The molecular weight excluding hydrogens is 134 g/mol. The molecule has 0 fully saturated rings. The molecule has 0 radical (unpaired) electrons. The van der Waals surface area contributed by atoms with Crippen LogP contribution in [-0.2, 0) is 4.79 Å². The first kappa shape index (κ1) is 8.98. The molecule has 0 bridgehead atoms. The molecule has 0 aromatic carbocycles. The van der Waals surface area contributed by atoms with E-state index in [9.17, 15) is 4.79 Å². The molecule has 0 amide bonds. The number of carbonyl (C=O) groups is 1. The molecule has 0 unspecified atom stereocenters. The van der Waals surface area contributed by atoms with E-state index in [-0.39, 0.29) is 5.12 Å². The van der Waals surface area contributed by atoms with Gasteiger partial charge in [0.25, 0.3) is 0 Å². The smallest absolute Gasteiger partial charge is 0.188 e. The number of nitrogens with two attached hydrogens (primary N) is 1. The van der Waals surface area contributed by atoms with Crippen molar-refractivity contribution in [2.45, 2.75) is 19.8 Å². The van der Waals surface area contributed by atoms with Gasteiger partial charge < -0.3 is 5.73 Å². The monoisotopic (exact) mass is 147 g/mol. The van der Waals surface area contributed by atoms with Crippen LogP contribution in [0.15, 0.2) is 0 Å². The van der Waals surface area contributed by atoms with Gasteiger partial charge in [-0.05, 0) is 13.0 Å². The van der Waals surface area contributed by atoms with Crippen LogP contribution in [0.5, 0.6) is 0 Å². The highest BCUT2D eigenvalue weighted by Gasteiger charge is 1.95. The first-order chi connectivity index (χ1) is 4.31. The van der Waals surface area contributed by atoms with Gasteiger partial charge in [-0.25, -0.2) is 0 Å². The van der Waals surface area contributed by atoms with E-state index < -0.39 is 0 Å². The molecule has 3 heteroatoms. The number of carbonyl (C=O) groups excluding carboxylic acids is 1. The van der Waals surface area contributed by atoms with Gasteiger partial charge in [0.05, 0.1) is 0 Å². The van der Waals surface area contributed by atoms with E-state index in [1.807, 2.05) is 6.92 Å². The fraction of sp³-hybridized carbons (Fsp3) is 0.833. The molecule has 0 saturated heterocycles. The van der Waals surface area contributed by atoms with Gasteiger partial charge in [0.1, 0.15) is 0 Å². The van der Waals surface area contributed by atoms with Crippen LogP contribution in [0.25, 0.3) is 0 Å². The fourth-order valence-electron chi connectivity index (χ4n) is 0.371. The zero-order valence-corrected chi connectivity index (χ0v) is 6.54. The molecule has 0 aliphatic heterocycles. The summed E-state index contributed by atoms with van der Waals surface area (Å²) in [6, 6.07) is 0. The second kappa shape index (κ2) is 6.11. The SMILES string of the molecule is CCC(=O)SCCCN. The third-order valence-electron chi connectivity index (χ3n) is 0.900. The minimum absolute atomic E-state index is 0.267. The van der Waals surface area contributed by atoms with Crippen LogP contribution >= 0.6 is 11.8 Å². The summed E-state index contributed by atoms with van der Waals surface area (Å²) in [5, 5.41) is 0.267. The average molecular weight is 147 g/mol. The largest absolute Gasteiger partial charge is 0.330 e. The van der Waals surface area contributed by atoms with E-state index in [1.54, 1.807) is 0 Å². The van der Waals surface area contributed by atoms with E-state index in [0.717, 1.165) is 12.2 Å². The Morgan fingerprint density at radius 1 is 1.67 bits per heavy atom. The maximum absolute atomic E-state index is 10.6. The summed E-state index contributed by atoms with van der Waals surface area (Å²) in [4.78, 5) is 10.6. The molecule has 0 aliphatic carbocycles. The molecule has 2 N–H and O–H groups in total. The Bertz CT molecular complexity index is 85.1. The van der Waals surface area contributed by atoms with Crippen LogP contribution in [0.4, 0.5) is 0 Å². The lowest BCUT2D eigenvalue weighted by Crippen LogP contribution is -2.00. The van der Waals surface area contributed by atoms with Crippen molar-refractivity contribution in [3.8, 4) is 0 Å². The molecular formula is C6H13NOS. The summed E-state index contributed by atoms with van der Waals surface area (Å²) in [6.07, 6.45) is 1.58. The van der Waals surface area contributed by atoms with E-state index >= 15 is 0 Å². The van der Waals surface area contributed by atoms with Crippen molar-refractivity contribution in [3.63, 3.8) is 0 Å². The highest BCUT2D eigenvalue weighted by molar-refractivity contribution is 8.13. The second-order valence-corrected chi connectivity index (χ2v) is 2.87. The van der Waals surface area contributed by atoms with Gasteiger partial charge >= 0.3 is 0 Å². The van der Waals surface area contributed by atoms with Crippen molar-refractivity contribution >= 4 is 16.9 Å². The predicted molar refractivity (Wildman–Crippen MR) is 41.4 cm³/mol. The number of hydrogen-bond acceptors (Lipinski definition) is 3. The molecule has 0 rings (SSSR count). The third kappa shape index (κ3) is 5.86. The van der Waals surface area contributed by atoms with Crippen molar-refractivity contribution in [1.82, 2.24) is 0 Å². The molecule has 54 valence electrons. The maximum atomic E-state index is 10.6. The van der Waals surface area contributed by atoms with Crippen LogP contribution in [0.1, 0.15) is 19.8 Å². The Labute approximate surface area is 60.2 Å². The van der Waals surface area contributed by atoms with Crippen LogP contribution in [0.3, 0.4) is 0 Å². The fourth-order valence-corrected chi connectivity index (χ4v) is 1.11. The summed E-state index contributed by atoms with van der Waals surface area (Å²) >= 11 is 1.38. The summed E-state index contributed by atoms with van der Waals surface area (Å²) in [5.74, 6) is 0.878. The topological polar surface area (TPSA) is 43.1 Å². The van der Waals surface area contributed by atoms with Crippen LogP contribution in [0, 0.1) is 0 Å². The highest BCUT2D eigenvalue weighted by atomic mass is 32.2. The minimum atomic E-state index is 0.267. The van der Waals surface area contributed by atoms with E-state index in [1.165, 1.54) is 11.8 Å². The van der Waals surface area contributed by atoms with Gasteiger partial charge in [-0.15, -0.1) is 0 Å². The zero-order valence-electron chi connectivity index (χ0n) is 5.72. The van der Waals surface area contributed by atoms with Gasteiger partial charge in [-0.1, -0.05) is 18.7 Å². The van der Waals surface area contributed by atoms with Crippen LogP contribution < -0.4 is 5.73 Å². The molecule has 9 heavy (non-hydrogen) atoms. The normalized spacial score (nSPS) is 9.56. The van der Waals surface area contributed by atoms with Crippen molar-refractivity contribution in [1.29, 1.82) is 0 Å². The molecule has 0 aliphatic rings. The molecule has 0 heterocycles. The molecule has 2 nitrogen and oxygen atoms in total. The summed E-state index contributed by atoms with van der Waals surface area (Å²) in [7, 11) is 0. The Hall–Kier alpha value is -0.0200. The van der Waals surface area contributed by atoms with Gasteiger partial charge in [0.2, 0.25) is 0 Å². The van der Waals surface area contributed by atoms with Crippen LogP contribution in [-0.4, -0.2) is 17.4 Å².